The van der Waals surface area contributed by atoms with Gasteiger partial charge in [-0.3, -0.25) is 4.79 Å². The lowest BCUT2D eigenvalue weighted by Crippen LogP contribution is -2.33. The predicted molar refractivity (Wildman–Crippen MR) is 119 cm³/mol. The van der Waals surface area contributed by atoms with E-state index in [0.29, 0.717) is 24.5 Å². The van der Waals surface area contributed by atoms with Crippen LogP contribution in [0.5, 0.6) is 0 Å². The summed E-state index contributed by atoms with van der Waals surface area (Å²) in [6.07, 6.45) is 3.50. The number of amides is 1. The standard InChI is InChI=1S/C25H27FN2O4/c1-15-12-18(16(2)28(15)22-10-6-5-9-21(22)26)13-20-23(25(30)31-4)17(3)27(24(20)29)14-19-8-7-11-32-19/h5-6,9-10,12-13,19H,7-8,11,14H2,1-4H3. The van der Waals surface area contributed by atoms with Gasteiger partial charge < -0.3 is 18.9 Å². The number of aryl methyl sites for hydroxylation is 1. The number of allylic oxidation sites excluding steroid dienone is 1. The summed E-state index contributed by atoms with van der Waals surface area (Å²) in [5.41, 5.74) is 3.86. The SMILES string of the molecule is COC(=O)C1=C(C)N(CC2CCCO2)C(=O)C1=Cc1cc(C)n(-c2ccccc2F)c1C. The van der Waals surface area contributed by atoms with Crippen LogP contribution in [0.1, 0.15) is 36.7 Å². The first-order chi connectivity index (χ1) is 15.3. The fraction of sp³-hybridized carbons (Fsp3) is 0.360. The number of methoxy groups -OCH3 is 1. The van der Waals surface area contributed by atoms with E-state index in [4.69, 9.17) is 9.47 Å². The van der Waals surface area contributed by atoms with Gasteiger partial charge >= 0.3 is 5.97 Å². The molecule has 0 aliphatic carbocycles. The van der Waals surface area contributed by atoms with Gasteiger partial charge in [0.15, 0.2) is 0 Å². The van der Waals surface area contributed by atoms with Crippen molar-refractivity contribution in [2.45, 2.75) is 39.7 Å². The Bertz CT molecular complexity index is 1140. The molecule has 1 aromatic carbocycles. The molecule has 32 heavy (non-hydrogen) atoms. The zero-order valence-electron chi connectivity index (χ0n) is 18.8. The van der Waals surface area contributed by atoms with Crippen molar-refractivity contribution >= 4 is 18.0 Å². The number of carbonyl (C=O) groups is 2. The van der Waals surface area contributed by atoms with Gasteiger partial charge in [0.1, 0.15) is 5.82 Å². The highest BCUT2D eigenvalue weighted by atomic mass is 19.1. The largest absolute Gasteiger partial charge is 0.465 e. The van der Waals surface area contributed by atoms with Crippen LogP contribution in [-0.2, 0) is 19.1 Å². The maximum atomic E-state index is 14.4. The molecule has 1 amide bonds. The third-order valence-electron chi connectivity index (χ3n) is 6.17. The Balaban J connectivity index is 1.77. The number of esters is 1. The van der Waals surface area contributed by atoms with E-state index in [1.54, 1.807) is 40.7 Å². The van der Waals surface area contributed by atoms with Crippen molar-refractivity contribution in [1.29, 1.82) is 0 Å². The molecule has 2 aliphatic heterocycles. The summed E-state index contributed by atoms with van der Waals surface area (Å²) in [4.78, 5) is 27.5. The molecule has 1 unspecified atom stereocenters. The molecule has 168 valence electrons. The maximum absolute atomic E-state index is 14.4. The van der Waals surface area contributed by atoms with E-state index in [1.807, 2.05) is 19.9 Å². The minimum absolute atomic E-state index is 0.0433. The Kier molecular flexibility index (Phi) is 6.02. The molecule has 6 nitrogen and oxygen atoms in total. The minimum Gasteiger partial charge on any atom is -0.465 e. The van der Waals surface area contributed by atoms with Gasteiger partial charge in [0.05, 0.1) is 36.6 Å². The monoisotopic (exact) mass is 438 g/mol. The highest BCUT2D eigenvalue weighted by molar-refractivity contribution is 6.16. The molecule has 1 fully saturated rings. The summed E-state index contributed by atoms with van der Waals surface area (Å²) in [5, 5.41) is 0. The molecule has 1 aromatic heterocycles. The smallest absolute Gasteiger partial charge is 0.340 e. The summed E-state index contributed by atoms with van der Waals surface area (Å²) in [5.74, 6) is -1.15. The summed E-state index contributed by atoms with van der Waals surface area (Å²) in [7, 11) is 1.30. The van der Waals surface area contributed by atoms with Crippen molar-refractivity contribution < 1.29 is 23.5 Å². The molecule has 0 N–H and O–H groups in total. The van der Waals surface area contributed by atoms with Gasteiger partial charge in [0, 0.05) is 23.7 Å². The summed E-state index contributed by atoms with van der Waals surface area (Å²) < 4.78 is 26.9. The average molecular weight is 438 g/mol. The van der Waals surface area contributed by atoms with Crippen LogP contribution < -0.4 is 0 Å². The molecule has 3 heterocycles. The zero-order valence-corrected chi connectivity index (χ0v) is 18.8. The first-order valence-corrected chi connectivity index (χ1v) is 10.7. The topological polar surface area (TPSA) is 60.8 Å². The zero-order chi connectivity index (χ0) is 23.0. The van der Waals surface area contributed by atoms with Crippen LogP contribution in [0.25, 0.3) is 11.8 Å². The van der Waals surface area contributed by atoms with Crippen molar-refractivity contribution in [3.05, 3.63) is 69.9 Å². The maximum Gasteiger partial charge on any atom is 0.340 e. The first-order valence-electron chi connectivity index (χ1n) is 10.7. The molecule has 1 atom stereocenters. The number of rotatable bonds is 5. The predicted octanol–water partition coefficient (Wildman–Crippen LogP) is 4.08. The number of benzene rings is 1. The van der Waals surface area contributed by atoms with Gasteiger partial charge in [0.2, 0.25) is 0 Å². The average Bonchev–Trinajstić information content (AvgIpc) is 3.44. The van der Waals surface area contributed by atoms with Crippen molar-refractivity contribution in [2.75, 3.05) is 20.3 Å². The van der Waals surface area contributed by atoms with Gasteiger partial charge in [-0.15, -0.1) is 0 Å². The minimum atomic E-state index is -0.556. The second-order valence-corrected chi connectivity index (χ2v) is 8.17. The lowest BCUT2D eigenvalue weighted by molar-refractivity contribution is -0.136. The summed E-state index contributed by atoms with van der Waals surface area (Å²) in [6.45, 7) is 6.58. The fourth-order valence-electron chi connectivity index (χ4n) is 4.53. The number of aromatic nitrogens is 1. The lowest BCUT2D eigenvalue weighted by Gasteiger charge is -2.21. The molecular formula is C25H27FN2O4. The number of hydrogen-bond donors (Lipinski definition) is 0. The number of para-hydroxylation sites is 1. The molecular weight excluding hydrogens is 411 g/mol. The van der Waals surface area contributed by atoms with Gasteiger partial charge in [0.25, 0.3) is 5.91 Å². The number of halogens is 1. The number of nitrogens with zero attached hydrogens (tertiary/aromatic N) is 2. The second kappa shape index (κ2) is 8.74. The van der Waals surface area contributed by atoms with Crippen LogP contribution >= 0.6 is 0 Å². The highest BCUT2D eigenvalue weighted by Crippen LogP contribution is 2.34. The van der Waals surface area contributed by atoms with Crippen LogP contribution in [0.3, 0.4) is 0 Å². The number of hydrogen-bond acceptors (Lipinski definition) is 4. The van der Waals surface area contributed by atoms with E-state index in [0.717, 1.165) is 29.8 Å². The summed E-state index contributed by atoms with van der Waals surface area (Å²) in [6, 6.07) is 8.43. The molecule has 4 rings (SSSR count). The van der Waals surface area contributed by atoms with Crippen LogP contribution in [0.15, 0.2) is 47.2 Å². The lowest BCUT2D eigenvalue weighted by atomic mass is 10.0. The molecule has 0 spiro atoms. The number of ether oxygens (including phenoxy) is 2. The Morgan fingerprint density at radius 1 is 1.28 bits per heavy atom. The third kappa shape index (κ3) is 3.77. The second-order valence-electron chi connectivity index (χ2n) is 8.17. The van der Waals surface area contributed by atoms with Crippen LogP contribution in [-0.4, -0.2) is 47.7 Å². The third-order valence-corrected chi connectivity index (χ3v) is 6.17. The van der Waals surface area contributed by atoms with Crippen molar-refractivity contribution in [3.63, 3.8) is 0 Å². The Labute approximate surface area is 186 Å². The van der Waals surface area contributed by atoms with E-state index in [2.05, 4.69) is 0 Å². The molecule has 1 saturated heterocycles. The van der Waals surface area contributed by atoms with Gasteiger partial charge in [-0.05, 0) is 63.5 Å². The van der Waals surface area contributed by atoms with Gasteiger partial charge in [-0.2, -0.15) is 0 Å². The van der Waals surface area contributed by atoms with Crippen LogP contribution in [0.4, 0.5) is 4.39 Å². The van der Waals surface area contributed by atoms with E-state index in [1.165, 1.54) is 13.2 Å². The van der Waals surface area contributed by atoms with Crippen LogP contribution in [0.2, 0.25) is 0 Å². The van der Waals surface area contributed by atoms with E-state index in [-0.39, 0.29) is 29.0 Å². The van der Waals surface area contributed by atoms with E-state index < -0.39 is 5.97 Å². The van der Waals surface area contributed by atoms with E-state index >= 15 is 0 Å². The van der Waals surface area contributed by atoms with Crippen molar-refractivity contribution in [3.8, 4) is 5.69 Å². The van der Waals surface area contributed by atoms with Gasteiger partial charge in [-0.25, -0.2) is 9.18 Å². The Morgan fingerprint density at radius 3 is 2.69 bits per heavy atom. The van der Waals surface area contributed by atoms with E-state index in [9.17, 15) is 14.0 Å². The summed E-state index contributed by atoms with van der Waals surface area (Å²) >= 11 is 0. The fourth-order valence-corrected chi connectivity index (χ4v) is 4.53. The Hall–Kier alpha value is -3.19. The van der Waals surface area contributed by atoms with Gasteiger partial charge in [-0.1, -0.05) is 12.1 Å². The molecule has 2 aliphatic rings. The van der Waals surface area contributed by atoms with Crippen molar-refractivity contribution in [2.24, 2.45) is 0 Å². The molecule has 0 saturated carbocycles. The normalized spacial score (nSPS) is 20.0. The molecule has 2 aromatic rings. The van der Waals surface area contributed by atoms with Crippen LogP contribution in [0, 0.1) is 19.7 Å². The number of carbonyl (C=O) groups excluding carboxylic acids is 2. The quantitative estimate of drug-likeness (QED) is 0.521. The molecule has 0 bridgehead atoms. The molecule has 7 heteroatoms. The first kappa shape index (κ1) is 22.0. The highest BCUT2D eigenvalue weighted by Gasteiger charge is 2.38. The van der Waals surface area contributed by atoms with Crippen molar-refractivity contribution in [1.82, 2.24) is 9.47 Å². The molecule has 0 radical (unpaired) electrons. The Morgan fingerprint density at radius 2 is 2.03 bits per heavy atom.